The molecule has 104 valence electrons. The quantitative estimate of drug-likeness (QED) is 0.620. The van der Waals surface area contributed by atoms with E-state index in [1.54, 1.807) is 22.3 Å². The molecule has 0 bridgehead atoms. The fourth-order valence-corrected chi connectivity index (χ4v) is 3.92. The smallest absolute Gasteiger partial charge is 0.0449 e. The zero-order valence-corrected chi connectivity index (χ0v) is 12.1. The number of hydrogen-bond donors (Lipinski definition) is 1. The van der Waals surface area contributed by atoms with E-state index in [9.17, 15) is 0 Å². The topological polar surface area (TPSA) is 26.0 Å². The molecule has 0 radical (unpaired) electrons. The molecule has 3 rings (SSSR count). The van der Waals surface area contributed by atoms with Crippen LogP contribution in [0.3, 0.4) is 0 Å². The van der Waals surface area contributed by atoms with Crippen LogP contribution in [0, 0.1) is 0 Å². The SMILES string of the molecule is NC1C=CC(=C2CCCCC2)CC1=C1CCCCC1. The summed E-state index contributed by atoms with van der Waals surface area (Å²) in [6.45, 7) is 0. The van der Waals surface area contributed by atoms with Crippen LogP contribution in [0.5, 0.6) is 0 Å². The van der Waals surface area contributed by atoms with Gasteiger partial charge in [0.15, 0.2) is 0 Å². The summed E-state index contributed by atoms with van der Waals surface area (Å²) < 4.78 is 0. The fraction of sp³-hybridized carbons (Fsp3) is 0.667. The Hall–Kier alpha value is -0.820. The van der Waals surface area contributed by atoms with Gasteiger partial charge in [-0.15, -0.1) is 0 Å². The molecule has 3 aliphatic carbocycles. The molecule has 0 aromatic carbocycles. The zero-order chi connectivity index (χ0) is 13.1. The van der Waals surface area contributed by atoms with Crippen molar-refractivity contribution in [1.82, 2.24) is 0 Å². The maximum Gasteiger partial charge on any atom is 0.0449 e. The van der Waals surface area contributed by atoms with Crippen molar-refractivity contribution in [2.24, 2.45) is 5.73 Å². The van der Waals surface area contributed by atoms with Crippen molar-refractivity contribution in [2.45, 2.75) is 76.7 Å². The Morgan fingerprint density at radius 1 is 0.789 bits per heavy atom. The number of hydrogen-bond acceptors (Lipinski definition) is 1. The van der Waals surface area contributed by atoms with Gasteiger partial charge >= 0.3 is 0 Å². The Kier molecular flexibility index (Phi) is 4.22. The molecule has 19 heavy (non-hydrogen) atoms. The normalized spacial score (nSPS) is 29.0. The monoisotopic (exact) mass is 257 g/mol. The maximum absolute atomic E-state index is 6.33. The van der Waals surface area contributed by atoms with Crippen LogP contribution in [-0.2, 0) is 0 Å². The van der Waals surface area contributed by atoms with E-state index in [4.69, 9.17) is 5.73 Å². The van der Waals surface area contributed by atoms with Crippen LogP contribution < -0.4 is 5.73 Å². The fourth-order valence-electron chi connectivity index (χ4n) is 3.92. The Labute approximate surface area is 117 Å². The van der Waals surface area contributed by atoms with E-state index in [2.05, 4.69) is 12.2 Å². The van der Waals surface area contributed by atoms with Gasteiger partial charge in [-0.2, -0.15) is 0 Å². The molecule has 0 aromatic rings. The molecule has 2 saturated carbocycles. The largest absolute Gasteiger partial charge is 0.321 e. The molecular weight excluding hydrogens is 230 g/mol. The van der Waals surface area contributed by atoms with E-state index >= 15 is 0 Å². The molecule has 0 aliphatic heterocycles. The van der Waals surface area contributed by atoms with E-state index in [0.29, 0.717) is 0 Å². The lowest BCUT2D eigenvalue weighted by molar-refractivity contribution is 0.579. The molecule has 1 nitrogen and oxygen atoms in total. The van der Waals surface area contributed by atoms with Crippen molar-refractivity contribution in [1.29, 1.82) is 0 Å². The maximum atomic E-state index is 6.33. The molecule has 1 heteroatoms. The zero-order valence-electron chi connectivity index (χ0n) is 12.1. The first-order valence-electron chi connectivity index (χ1n) is 8.20. The van der Waals surface area contributed by atoms with Crippen molar-refractivity contribution in [3.05, 3.63) is 34.4 Å². The number of rotatable bonds is 0. The number of allylic oxidation sites excluding steroid dienone is 4. The van der Waals surface area contributed by atoms with Crippen LogP contribution >= 0.6 is 0 Å². The highest BCUT2D eigenvalue weighted by molar-refractivity contribution is 5.42. The standard InChI is InChI=1S/C18H27N/c19-18-12-11-16(14-7-3-1-4-8-14)13-17(18)15-9-5-2-6-10-15/h11-12,18H,1-10,13,19H2. The van der Waals surface area contributed by atoms with Crippen molar-refractivity contribution in [2.75, 3.05) is 0 Å². The minimum Gasteiger partial charge on any atom is -0.321 e. The first-order chi connectivity index (χ1) is 9.34. The Bertz CT molecular complexity index is 409. The van der Waals surface area contributed by atoms with Gasteiger partial charge in [-0.05, 0) is 68.9 Å². The average Bonchev–Trinajstić information content (AvgIpc) is 2.49. The number of nitrogens with two attached hydrogens (primary N) is 1. The highest BCUT2D eigenvalue weighted by Crippen LogP contribution is 2.36. The van der Waals surface area contributed by atoms with E-state index in [0.717, 1.165) is 6.42 Å². The Morgan fingerprint density at radius 3 is 2.00 bits per heavy atom. The molecule has 0 spiro atoms. The lowest BCUT2D eigenvalue weighted by Crippen LogP contribution is -2.25. The summed E-state index contributed by atoms with van der Waals surface area (Å²) in [4.78, 5) is 0. The second kappa shape index (κ2) is 6.09. The lowest BCUT2D eigenvalue weighted by atomic mass is 9.80. The summed E-state index contributed by atoms with van der Waals surface area (Å²) in [7, 11) is 0. The van der Waals surface area contributed by atoms with Gasteiger partial charge in [0.25, 0.3) is 0 Å². The van der Waals surface area contributed by atoms with E-state index < -0.39 is 0 Å². The van der Waals surface area contributed by atoms with Gasteiger partial charge in [0.1, 0.15) is 0 Å². The summed E-state index contributed by atoms with van der Waals surface area (Å²) in [5, 5.41) is 0. The Morgan fingerprint density at radius 2 is 1.37 bits per heavy atom. The summed E-state index contributed by atoms with van der Waals surface area (Å²) in [5.74, 6) is 0. The van der Waals surface area contributed by atoms with Gasteiger partial charge in [-0.25, -0.2) is 0 Å². The van der Waals surface area contributed by atoms with Gasteiger partial charge < -0.3 is 5.73 Å². The van der Waals surface area contributed by atoms with E-state index in [1.807, 2.05) is 0 Å². The Balaban J connectivity index is 1.85. The molecule has 0 aromatic heterocycles. The third kappa shape index (κ3) is 3.02. The van der Waals surface area contributed by atoms with Crippen LogP contribution in [-0.4, -0.2) is 6.04 Å². The van der Waals surface area contributed by atoms with Gasteiger partial charge in [0, 0.05) is 6.04 Å². The molecule has 0 amide bonds. The van der Waals surface area contributed by atoms with Crippen LogP contribution in [0.15, 0.2) is 34.4 Å². The molecular formula is C18H27N. The molecule has 2 fully saturated rings. The van der Waals surface area contributed by atoms with Crippen LogP contribution in [0.25, 0.3) is 0 Å². The van der Waals surface area contributed by atoms with Crippen LogP contribution in [0.1, 0.15) is 70.6 Å². The van der Waals surface area contributed by atoms with Gasteiger partial charge in [0.2, 0.25) is 0 Å². The molecule has 1 atom stereocenters. The summed E-state index contributed by atoms with van der Waals surface area (Å²) in [6.07, 6.45) is 19.4. The van der Waals surface area contributed by atoms with Crippen LogP contribution in [0.4, 0.5) is 0 Å². The predicted octanol–water partition coefficient (Wildman–Crippen LogP) is 4.80. The summed E-state index contributed by atoms with van der Waals surface area (Å²) >= 11 is 0. The average molecular weight is 257 g/mol. The van der Waals surface area contributed by atoms with Crippen molar-refractivity contribution < 1.29 is 0 Å². The predicted molar refractivity (Wildman–Crippen MR) is 82.0 cm³/mol. The minimum atomic E-state index is 0.195. The third-order valence-corrected chi connectivity index (χ3v) is 5.11. The van der Waals surface area contributed by atoms with Gasteiger partial charge in [-0.1, -0.05) is 36.1 Å². The first-order valence-corrected chi connectivity index (χ1v) is 8.20. The summed E-state index contributed by atoms with van der Waals surface area (Å²) in [5.41, 5.74) is 12.9. The lowest BCUT2D eigenvalue weighted by Gasteiger charge is -2.28. The molecule has 0 saturated heterocycles. The molecule has 3 aliphatic rings. The minimum absolute atomic E-state index is 0.195. The van der Waals surface area contributed by atoms with Crippen molar-refractivity contribution in [3.8, 4) is 0 Å². The second-order valence-corrected chi connectivity index (χ2v) is 6.44. The summed E-state index contributed by atoms with van der Waals surface area (Å²) in [6, 6.07) is 0.195. The highest BCUT2D eigenvalue weighted by Gasteiger charge is 2.21. The second-order valence-electron chi connectivity index (χ2n) is 6.44. The van der Waals surface area contributed by atoms with Gasteiger partial charge in [-0.3, -0.25) is 0 Å². The van der Waals surface area contributed by atoms with E-state index in [1.165, 1.54) is 64.2 Å². The first kappa shape index (κ1) is 13.2. The molecule has 1 unspecified atom stereocenters. The van der Waals surface area contributed by atoms with Crippen molar-refractivity contribution >= 4 is 0 Å². The van der Waals surface area contributed by atoms with Gasteiger partial charge in [0.05, 0.1) is 0 Å². The van der Waals surface area contributed by atoms with Crippen LogP contribution in [0.2, 0.25) is 0 Å². The molecule has 0 heterocycles. The highest BCUT2D eigenvalue weighted by atomic mass is 14.6. The van der Waals surface area contributed by atoms with Crippen molar-refractivity contribution in [3.63, 3.8) is 0 Å². The van der Waals surface area contributed by atoms with E-state index in [-0.39, 0.29) is 6.04 Å². The third-order valence-electron chi connectivity index (χ3n) is 5.11. The molecule has 2 N–H and O–H groups in total.